The summed E-state index contributed by atoms with van der Waals surface area (Å²) >= 11 is 1.15. The maximum atomic E-state index is 13.2. The Balaban J connectivity index is 1.71. The highest BCUT2D eigenvalue weighted by atomic mass is 32.2. The highest BCUT2D eigenvalue weighted by Crippen LogP contribution is 2.28. The summed E-state index contributed by atoms with van der Waals surface area (Å²) in [5.74, 6) is -0.0409. The SMILES string of the molecule is C=CCOc1cc([C@@H](CCC)NC(=O)[C@]2(N)CSC(/C(C)=N/O[C@H]3O[C@H](CO)[C@@H](O)[C@H](O)[C@@H]3O)=N2)oc(=O)c1. The van der Waals surface area contributed by atoms with Crippen LogP contribution in [0.15, 0.2) is 44.1 Å². The van der Waals surface area contributed by atoms with Gasteiger partial charge in [-0.25, -0.2) is 9.79 Å². The summed E-state index contributed by atoms with van der Waals surface area (Å²) in [6.45, 7) is 6.58. The molecule has 1 fully saturated rings. The zero-order valence-corrected chi connectivity index (χ0v) is 22.4. The predicted molar refractivity (Wildman–Crippen MR) is 141 cm³/mol. The molecule has 2 aliphatic heterocycles. The van der Waals surface area contributed by atoms with Gasteiger partial charge in [0, 0.05) is 11.8 Å². The Morgan fingerprint density at radius 1 is 1.38 bits per heavy atom. The molecule has 7 N–H and O–H groups in total. The van der Waals surface area contributed by atoms with E-state index in [0.29, 0.717) is 12.8 Å². The first kappa shape index (κ1) is 30.7. The van der Waals surface area contributed by atoms with Crippen molar-refractivity contribution in [2.45, 2.75) is 69.1 Å². The van der Waals surface area contributed by atoms with Crippen molar-refractivity contribution >= 4 is 28.4 Å². The van der Waals surface area contributed by atoms with Crippen molar-refractivity contribution in [2.75, 3.05) is 19.0 Å². The number of carbonyl (C=O) groups excluding carboxylic acids is 1. The minimum Gasteiger partial charge on any atom is -0.489 e. The number of aliphatic imine (C=N–C) groups is 1. The Morgan fingerprint density at radius 2 is 2.13 bits per heavy atom. The maximum Gasteiger partial charge on any atom is 0.339 e. The van der Waals surface area contributed by atoms with Gasteiger partial charge in [-0.2, -0.15) is 0 Å². The number of aliphatic hydroxyl groups is 4. The zero-order chi connectivity index (χ0) is 28.7. The Bertz CT molecular complexity index is 1140. The number of rotatable bonds is 12. The van der Waals surface area contributed by atoms with Gasteiger partial charge in [0.1, 0.15) is 53.3 Å². The molecule has 216 valence electrons. The van der Waals surface area contributed by atoms with E-state index in [4.69, 9.17) is 24.5 Å². The molecule has 0 unspecified atom stereocenters. The molecule has 7 atom stereocenters. The van der Waals surface area contributed by atoms with Crippen LogP contribution in [0.4, 0.5) is 0 Å². The lowest BCUT2D eigenvalue weighted by Crippen LogP contribution is -2.58. The van der Waals surface area contributed by atoms with Crippen LogP contribution in [0.25, 0.3) is 0 Å². The number of hydrogen-bond acceptors (Lipinski definition) is 14. The van der Waals surface area contributed by atoms with Gasteiger partial charge in [-0.3, -0.25) is 10.5 Å². The monoisotopic (exact) mass is 570 g/mol. The molecule has 3 rings (SSSR count). The van der Waals surface area contributed by atoms with Crippen molar-refractivity contribution in [3.05, 3.63) is 41.0 Å². The molecule has 3 heterocycles. The molecular weight excluding hydrogens is 536 g/mol. The Hall–Kier alpha value is -2.79. The van der Waals surface area contributed by atoms with E-state index >= 15 is 0 Å². The highest BCUT2D eigenvalue weighted by Gasteiger charge is 2.45. The number of thioether (sulfide) groups is 1. The summed E-state index contributed by atoms with van der Waals surface area (Å²) < 4.78 is 16.0. The second-order valence-electron chi connectivity index (χ2n) is 9.04. The highest BCUT2D eigenvalue weighted by molar-refractivity contribution is 8.16. The van der Waals surface area contributed by atoms with Crippen LogP contribution in [0.2, 0.25) is 0 Å². The largest absolute Gasteiger partial charge is 0.489 e. The third kappa shape index (κ3) is 7.45. The van der Waals surface area contributed by atoms with Gasteiger partial charge in [-0.1, -0.05) is 31.2 Å². The molecular formula is C24H34N4O10S. The van der Waals surface area contributed by atoms with Gasteiger partial charge in [-0.15, -0.1) is 11.8 Å². The second kappa shape index (κ2) is 13.5. The number of aliphatic hydroxyl groups excluding tert-OH is 4. The summed E-state index contributed by atoms with van der Waals surface area (Å²) in [5, 5.41) is 46.1. The second-order valence-corrected chi connectivity index (χ2v) is 10.0. The smallest absolute Gasteiger partial charge is 0.339 e. The molecule has 15 heteroatoms. The summed E-state index contributed by atoms with van der Waals surface area (Å²) in [5.41, 5.74) is 4.22. The van der Waals surface area contributed by atoms with Gasteiger partial charge < -0.3 is 44.5 Å². The minimum atomic E-state index is -1.66. The lowest BCUT2D eigenvalue weighted by molar-refractivity contribution is -0.301. The normalized spacial score (nSPS) is 29.9. The van der Waals surface area contributed by atoms with Crippen LogP contribution >= 0.6 is 11.8 Å². The molecule has 0 aliphatic carbocycles. The molecule has 14 nitrogen and oxygen atoms in total. The van der Waals surface area contributed by atoms with Crippen molar-refractivity contribution in [2.24, 2.45) is 15.9 Å². The summed E-state index contributed by atoms with van der Waals surface area (Å²) in [7, 11) is 0. The van der Waals surface area contributed by atoms with Crippen molar-refractivity contribution in [3.63, 3.8) is 0 Å². The van der Waals surface area contributed by atoms with Gasteiger partial charge in [0.2, 0.25) is 0 Å². The minimum absolute atomic E-state index is 0.0757. The van der Waals surface area contributed by atoms with Gasteiger partial charge >= 0.3 is 5.63 Å². The average molecular weight is 571 g/mol. The Kier molecular flexibility index (Phi) is 10.7. The molecule has 0 radical (unpaired) electrons. The third-order valence-electron chi connectivity index (χ3n) is 5.93. The van der Waals surface area contributed by atoms with Crippen molar-refractivity contribution in [1.82, 2.24) is 5.32 Å². The molecule has 39 heavy (non-hydrogen) atoms. The van der Waals surface area contributed by atoms with E-state index < -0.39 is 60.6 Å². The first-order chi connectivity index (χ1) is 18.5. The Morgan fingerprint density at radius 3 is 2.79 bits per heavy atom. The first-order valence-corrected chi connectivity index (χ1v) is 13.2. The maximum absolute atomic E-state index is 13.2. The van der Waals surface area contributed by atoms with E-state index in [9.17, 15) is 30.0 Å². The van der Waals surface area contributed by atoms with E-state index in [0.717, 1.165) is 11.8 Å². The molecule has 1 saturated heterocycles. The van der Waals surface area contributed by atoms with Crippen molar-refractivity contribution in [3.8, 4) is 5.75 Å². The molecule has 1 amide bonds. The van der Waals surface area contributed by atoms with E-state index in [1.807, 2.05) is 6.92 Å². The fraction of sp³-hybridized carbons (Fsp3) is 0.583. The number of nitrogens with one attached hydrogen (secondary N) is 1. The standard InChI is InChI=1S/C24H34N4O10S/c1-4-6-14(15-8-13(35-7-5-2)9-17(30)36-15)26-23(34)24(25)11-39-21(27-24)12(3)28-38-22-20(33)19(32)18(31)16(10-29)37-22/h5,8-9,14,16,18-20,22,29,31-33H,2,4,6-7,10-11,25H2,1,3H3,(H,26,34)/b28-12+/t14-,16-,18-,19+,20+,22-,24+/m1/s1. The summed E-state index contributed by atoms with van der Waals surface area (Å²) in [6, 6.07) is 2.05. The molecule has 0 saturated carbocycles. The first-order valence-electron chi connectivity index (χ1n) is 12.3. The number of amides is 1. The summed E-state index contributed by atoms with van der Waals surface area (Å²) in [6.07, 6.45) is -4.76. The lowest BCUT2D eigenvalue weighted by atomic mass is 9.99. The van der Waals surface area contributed by atoms with Gasteiger partial charge in [0.25, 0.3) is 12.2 Å². The number of hydrogen-bond donors (Lipinski definition) is 6. The number of ether oxygens (including phenoxy) is 2. The number of carbonyl (C=O) groups is 1. The number of nitrogens with two attached hydrogens (primary N) is 1. The predicted octanol–water partition coefficient (Wildman–Crippen LogP) is -0.845. The molecule has 1 aromatic heterocycles. The number of nitrogens with zero attached hydrogens (tertiary/aromatic N) is 2. The van der Waals surface area contributed by atoms with Crippen LogP contribution in [0.1, 0.15) is 38.5 Å². The van der Waals surface area contributed by atoms with E-state index in [2.05, 4.69) is 22.0 Å². The lowest BCUT2D eigenvalue weighted by Gasteiger charge is -2.38. The zero-order valence-electron chi connectivity index (χ0n) is 21.6. The molecule has 0 aromatic carbocycles. The summed E-state index contributed by atoms with van der Waals surface area (Å²) in [4.78, 5) is 34.8. The number of oxime groups is 1. The molecule has 0 spiro atoms. The van der Waals surface area contributed by atoms with Gasteiger partial charge in [-0.05, 0) is 13.3 Å². The topological polar surface area (TPSA) is 219 Å². The van der Waals surface area contributed by atoms with E-state index in [1.165, 1.54) is 25.1 Å². The fourth-order valence-corrected chi connectivity index (χ4v) is 4.82. The van der Waals surface area contributed by atoms with Crippen LogP contribution in [-0.4, -0.2) is 92.4 Å². The van der Waals surface area contributed by atoms with Crippen LogP contribution in [0.3, 0.4) is 0 Å². The van der Waals surface area contributed by atoms with Crippen LogP contribution in [-0.2, 0) is 14.4 Å². The molecule has 1 aromatic rings. The fourth-order valence-electron chi connectivity index (χ4n) is 3.79. The van der Waals surface area contributed by atoms with Crippen LogP contribution < -0.4 is 21.4 Å². The quantitative estimate of drug-likeness (QED) is 0.103. The van der Waals surface area contributed by atoms with E-state index in [-0.39, 0.29) is 34.6 Å². The third-order valence-corrected chi connectivity index (χ3v) is 7.18. The van der Waals surface area contributed by atoms with Gasteiger partial charge in [0.15, 0.2) is 5.66 Å². The van der Waals surface area contributed by atoms with Crippen LogP contribution in [0.5, 0.6) is 5.75 Å². The van der Waals surface area contributed by atoms with E-state index in [1.54, 1.807) is 0 Å². The molecule has 2 aliphatic rings. The van der Waals surface area contributed by atoms with Crippen LogP contribution in [0, 0.1) is 0 Å². The van der Waals surface area contributed by atoms with Crippen molar-refractivity contribution in [1.29, 1.82) is 0 Å². The molecule has 0 bridgehead atoms. The average Bonchev–Trinajstić information content (AvgIpc) is 3.33. The van der Waals surface area contributed by atoms with Crippen molar-refractivity contribution < 1.29 is 43.9 Å². The Labute approximate surface area is 228 Å². The van der Waals surface area contributed by atoms with Gasteiger partial charge in [0.05, 0.1) is 18.7 Å².